The molecule has 2 rings (SSSR count). The number of nitrogens with two attached hydrogens (primary N) is 1. The maximum absolute atomic E-state index is 13.0. The maximum atomic E-state index is 13.0. The van der Waals surface area contributed by atoms with E-state index in [0.717, 1.165) is 0 Å². The quantitative estimate of drug-likeness (QED) is 0.862. The molecule has 0 saturated carbocycles. The number of carboxylic acid groups (broad SMARTS) is 1. The van der Waals surface area contributed by atoms with Crippen molar-refractivity contribution in [3.63, 3.8) is 0 Å². The summed E-state index contributed by atoms with van der Waals surface area (Å²) in [5, 5.41) is 9.26. The van der Waals surface area contributed by atoms with Gasteiger partial charge in [-0.15, -0.1) is 0 Å². The molecule has 94 valence electrons. The van der Waals surface area contributed by atoms with Gasteiger partial charge in [0, 0.05) is 11.8 Å². The molecule has 1 aromatic carbocycles. The van der Waals surface area contributed by atoms with Gasteiger partial charge >= 0.3 is 5.97 Å². The summed E-state index contributed by atoms with van der Waals surface area (Å²) >= 11 is 0. The zero-order valence-corrected chi connectivity index (χ0v) is 9.72. The van der Waals surface area contributed by atoms with E-state index in [2.05, 4.69) is 9.97 Å². The number of carbonyl (C=O) groups is 1. The minimum absolute atomic E-state index is 0.159. The van der Waals surface area contributed by atoms with Crippen LogP contribution in [-0.4, -0.2) is 21.0 Å². The summed E-state index contributed by atoms with van der Waals surface area (Å²) in [4.78, 5) is 18.9. The van der Waals surface area contributed by atoms with E-state index >= 15 is 0 Å². The summed E-state index contributed by atoms with van der Waals surface area (Å²) < 4.78 is 13.0. The van der Waals surface area contributed by atoms with Crippen molar-refractivity contribution in [2.45, 2.75) is 13.3 Å². The second kappa shape index (κ2) is 4.56. The van der Waals surface area contributed by atoms with Crippen molar-refractivity contribution >= 4 is 22.7 Å². The molecule has 0 spiro atoms. The average Bonchev–Trinajstić information content (AvgIpc) is 2.30. The molecule has 1 heterocycles. The topological polar surface area (TPSA) is 89.1 Å². The first-order valence-electron chi connectivity index (χ1n) is 5.42. The number of aromatic nitrogens is 2. The first-order valence-corrected chi connectivity index (χ1v) is 5.42. The Hall–Kier alpha value is -2.24. The van der Waals surface area contributed by atoms with Crippen LogP contribution in [0.1, 0.15) is 12.7 Å². The number of hydrogen-bond donors (Lipinski definition) is 2. The highest BCUT2D eigenvalue weighted by Crippen LogP contribution is 2.19. The summed E-state index contributed by atoms with van der Waals surface area (Å²) in [5.74, 6) is -1.42. The molecule has 0 saturated heterocycles. The lowest BCUT2D eigenvalue weighted by Gasteiger charge is -2.07. The largest absolute Gasteiger partial charge is 0.481 e. The van der Waals surface area contributed by atoms with Gasteiger partial charge in [0.2, 0.25) is 0 Å². The first-order chi connectivity index (χ1) is 8.47. The molecule has 0 radical (unpaired) electrons. The number of halogens is 1. The molecule has 0 aliphatic rings. The molecule has 0 fully saturated rings. The van der Waals surface area contributed by atoms with Gasteiger partial charge in [-0.25, -0.2) is 14.4 Å². The maximum Gasteiger partial charge on any atom is 0.306 e. The molecule has 0 aliphatic heterocycles. The number of rotatable bonds is 3. The van der Waals surface area contributed by atoms with Crippen LogP contribution in [0.3, 0.4) is 0 Å². The number of nitrogen functional groups attached to an aromatic ring is 1. The fourth-order valence-corrected chi connectivity index (χ4v) is 1.63. The summed E-state index contributed by atoms with van der Waals surface area (Å²) in [6.07, 6.45) is 0.187. The van der Waals surface area contributed by atoms with Crippen LogP contribution in [0.5, 0.6) is 0 Å². The van der Waals surface area contributed by atoms with E-state index in [0.29, 0.717) is 16.7 Å². The number of fused-ring (bicyclic) bond motifs is 1. The first kappa shape index (κ1) is 12.2. The van der Waals surface area contributed by atoms with Gasteiger partial charge in [-0.3, -0.25) is 4.79 Å². The molecule has 1 atom stereocenters. The van der Waals surface area contributed by atoms with Crippen LogP contribution in [0.25, 0.3) is 10.9 Å². The van der Waals surface area contributed by atoms with Gasteiger partial charge in [-0.1, -0.05) is 6.92 Å². The number of carboxylic acids is 1. The number of benzene rings is 1. The molecule has 0 aliphatic carbocycles. The van der Waals surface area contributed by atoms with Gasteiger partial charge in [0.15, 0.2) is 0 Å². The second-order valence-electron chi connectivity index (χ2n) is 4.13. The van der Waals surface area contributed by atoms with Gasteiger partial charge in [0.25, 0.3) is 0 Å². The van der Waals surface area contributed by atoms with Gasteiger partial charge in [-0.2, -0.15) is 0 Å². The van der Waals surface area contributed by atoms with E-state index in [1.807, 2.05) is 0 Å². The highest BCUT2D eigenvalue weighted by molar-refractivity contribution is 5.87. The van der Waals surface area contributed by atoms with Gasteiger partial charge < -0.3 is 10.8 Å². The molecular weight excluding hydrogens is 237 g/mol. The average molecular weight is 249 g/mol. The van der Waals surface area contributed by atoms with E-state index in [1.54, 1.807) is 6.92 Å². The van der Waals surface area contributed by atoms with Gasteiger partial charge in [0.05, 0.1) is 11.4 Å². The molecule has 1 aromatic heterocycles. The van der Waals surface area contributed by atoms with Crippen molar-refractivity contribution in [3.8, 4) is 0 Å². The molecule has 18 heavy (non-hydrogen) atoms. The Labute approximate surface area is 102 Å². The third kappa shape index (κ3) is 2.37. The summed E-state index contributed by atoms with van der Waals surface area (Å²) in [7, 11) is 0. The van der Waals surface area contributed by atoms with Crippen LogP contribution in [0.4, 0.5) is 10.2 Å². The summed E-state index contributed by atoms with van der Waals surface area (Å²) in [5.41, 5.74) is 6.22. The molecule has 5 nitrogen and oxygen atoms in total. The Bertz CT molecular complexity index is 616. The minimum atomic E-state index is -0.920. The number of anilines is 1. The van der Waals surface area contributed by atoms with Crippen LogP contribution in [0.2, 0.25) is 0 Å². The fraction of sp³-hybridized carbons (Fsp3) is 0.250. The van der Waals surface area contributed by atoms with E-state index in [9.17, 15) is 9.18 Å². The summed E-state index contributed by atoms with van der Waals surface area (Å²) in [6, 6.07) is 4.03. The van der Waals surface area contributed by atoms with Crippen LogP contribution in [0, 0.1) is 11.7 Å². The Morgan fingerprint density at radius 2 is 2.22 bits per heavy atom. The zero-order chi connectivity index (χ0) is 13.3. The third-order valence-corrected chi connectivity index (χ3v) is 2.64. The van der Waals surface area contributed by atoms with Crippen LogP contribution in [-0.2, 0) is 11.2 Å². The lowest BCUT2D eigenvalue weighted by molar-refractivity contribution is -0.141. The number of hydrogen-bond acceptors (Lipinski definition) is 4. The molecule has 3 N–H and O–H groups in total. The highest BCUT2D eigenvalue weighted by atomic mass is 19.1. The van der Waals surface area contributed by atoms with Crippen molar-refractivity contribution in [2.75, 3.05) is 5.73 Å². The van der Waals surface area contributed by atoms with Crippen molar-refractivity contribution in [1.82, 2.24) is 9.97 Å². The van der Waals surface area contributed by atoms with Crippen LogP contribution >= 0.6 is 0 Å². The van der Waals surface area contributed by atoms with Crippen molar-refractivity contribution in [1.29, 1.82) is 0 Å². The summed E-state index contributed by atoms with van der Waals surface area (Å²) in [6.45, 7) is 1.57. The normalized spacial score (nSPS) is 12.6. The fourth-order valence-electron chi connectivity index (χ4n) is 1.63. The van der Waals surface area contributed by atoms with Crippen molar-refractivity contribution < 1.29 is 14.3 Å². The van der Waals surface area contributed by atoms with Crippen LogP contribution < -0.4 is 5.73 Å². The Balaban J connectivity index is 2.43. The van der Waals surface area contributed by atoms with E-state index in [-0.39, 0.29) is 12.2 Å². The predicted octanol–water partition coefficient (Wildman–Crippen LogP) is 1.61. The Morgan fingerprint density at radius 3 is 2.89 bits per heavy atom. The lowest BCUT2D eigenvalue weighted by Crippen LogP contribution is -2.14. The molecule has 6 heteroatoms. The van der Waals surface area contributed by atoms with Gasteiger partial charge in [-0.05, 0) is 18.2 Å². The minimum Gasteiger partial charge on any atom is -0.481 e. The third-order valence-electron chi connectivity index (χ3n) is 2.64. The molecule has 0 bridgehead atoms. The van der Waals surface area contributed by atoms with Crippen LogP contribution in [0.15, 0.2) is 18.2 Å². The second-order valence-corrected chi connectivity index (χ2v) is 4.13. The molecule has 2 aromatic rings. The van der Waals surface area contributed by atoms with E-state index < -0.39 is 17.7 Å². The molecule has 1 unspecified atom stereocenters. The molecular formula is C12H12FN3O2. The Kier molecular flexibility index (Phi) is 3.10. The lowest BCUT2D eigenvalue weighted by atomic mass is 10.1. The van der Waals surface area contributed by atoms with Crippen molar-refractivity contribution in [2.24, 2.45) is 5.92 Å². The standard InChI is InChI=1S/C12H12FN3O2/c1-6(12(17)18)4-10-15-9-3-2-7(13)5-8(9)11(14)16-10/h2-3,5-6H,4H2,1H3,(H,17,18)(H2,14,15,16). The van der Waals surface area contributed by atoms with E-state index in [1.165, 1.54) is 18.2 Å². The zero-order valence-electron chi connectivity index (χ0n) is 9.72. The monoisotopic (exact) mass is 249 g/mol. The van der Waals surface area contributed by atoms with Gasteiger partial charge in [0.1, 0.15) is 17.5 Å². The van der Waals surface area contributed by atoms with Crippen molar-refractivity contribution in [3.05, 3.63) is 29.8 Å². The SMILES string of the molecule is CC(Cc1nc(N)c2cc(F)ccc2n1)C(=O)O. The van der Waals surface area contributed by atoms with E-state index in [4.69, 9.17) is 10.8 Å². The smallest absolute Gasteiger partial charge is 0.306 e. The predicted molar refractivity (Wildman–Crippen MR) is 64.4 cm³/mol. The number of aliphatic carboxylic acids is 1. The highest BCUT2D eigenvalue weighted by Gasteiger charge is 2.15. The molecule has 0 amide bonds. The number of nitrogens with zero attached hydrogens (tertiary/aromatic N) is 2. The Morgan fingerprint density at radius 1 is 1.50 bits per heavy atom.